The van der Waals surface area contributed by atoms with Gasteiger partial charge in [-0.15, -0.1) is 0 Å². The minimum absolute atomic E-state index is 0.0140. The Morgan fingerprint density at radius 2 is 1.39 bits per heavy atom. The van der Waals surface area contributed by atoms with Crippen LogP contribution >= 0.6 is 0 Å². The third-order valence-electron chi connectivity index (χ3n) is 9.36. The second-order valence-corrected chi connectivity index (χ2v) is 12.8. The molecule has 0 aromatic rings. The van der Waals surface area contributed by atoms with Crippen molar-refractivity contribution in [3.8, 4) is 0 Å². The molecule has 21 nitrogen and oxygen atoms in total. The van der Waals surface area contributed by atoms with Crippen molar-refractivity contribution >= 4 is 5.91 Å². The summed E-state index contributed by atoms with van der Waals surface area (Å²) in [6, 6.07) is -4.76. The van der Waals surface area contributed by atoms with Crippen molar-refractivity contribution < 1.29 is 73.4 Å². The quantitative estimate of drug-likeness (QED) is 0.0840. The third-order valence-corrected chi connectivity index (χ3v) is 9.36. The molecule has 0 radical (unpaired) electrons. The van der Waals surface area contributed by atoms with Gasteiger partial charge in [0.25, 0.3) is 5.91 Å². The van der Waals surface area contributed by atoms with Gasteiger partial charge in [-0.05, 0) is 6.42 Å². The zero-order chi connectivity index (χ0) is 36.3. The number of carbonyl (C=O) groups is 1. The smallest absolute Gasteiger partial charge is 0.252 e. The number of rotatable bonds is 13. The molecule has 3 aliphatic heterocycles. The Morgan fingerprint density at radius 1 is 0.776 bits per heavy atom. The van der Waals surface area contributed by atoms with Gasteiger partial charge >= 0.3 is 0 Å². The Labute approximate surface area is 280 Å². The molecular formula is C27H52FN7O14. The fourth-order valence-corrected chi connectivity index (χ4v) is 6.36. The lowest BCUT2D eigenvalue weighted by Gasteiger charge is -2.47. The Bertz CT molecular complexity index is 1060. The van der Waals surface area contributed by atoms with Crippen LogP contribution in [0.25, 0.3) is 0 Å². The molecule has 20 N–H and O–H groups in total. The zero-order valence-electron chi connectivity index (χ0n) is 26.6. The number of aliphatic hydroxyl groups excluding tert-OH is 7. The van der Waals surface area contributed by atoms with E-state index >= 15 is 0 Å². The predicted octanol–water partition coefficient (Wildman–Crippen LogP) is -9.05. The van der Waals surface area contributed by atoms with Crippen LogP contribution in [0.4, 0.5) is 4.39 Å². The van der Waals surface area contributed by atoms with Crippen molar-refractivity contribution in [1.29, 1.82) is 0 Å². The second-order valence-electron chi connectivity index (χ2n) is 12.8. The van der Waals surface area contributed by atoms with Crippen LogP contribution in [-0.4, -0.2) is 190 Å². The molecular weight excluding hydrogens is 665 g/mol. The number of ether oxygens (including phenoxy) is 6. The monoisotopic (exact) mass is 717 g/mol. The topological polar surface area (TPSA) is 382 Å². The first-order valence-electron chi connectivity index (χ1n) is 16.1. The van der Waals surface area contributed by atoms with Crippen molar-refractivity contribution in [1.82, 2.24) is 5.32 Å². The van der Waals surface area contributed by atoms with Crippen LogP contribution in [0.3, 0.4) is 0 Å². The summed E-state index contributed by atoms with van der Waals surface area (Å²) in [6.07, 6.45) is -23.6. The van der Waals surface area contributed by atoms with Crippen molar-refractivity contribution in [3.05, 3.63) is 0 Å². The van der Waals surface area contributed by atoms with Crippen LogP contribution in [0, 0.1) is 0 Å². The highest BCUT2D eigenvalue weighted by atomic mass is 19.1. The van der Waals surface area contributed by atoms with Crippen molar-refractivity contribution in [2.75, 3.05) is 26.2 Å². The Morgan fingerprint density at radius 3 is 2.00 bits per heavy atom. The third kappa shape index (κ3) is 8.82. The van der Waals surface area contributed by atoms with Gasteiger partial charge in [-0.2, -0.15) is 0 Å². The summed E-state index contributed by atoms with van der Waals surface area (Å²) in [4.78, 5) is 12.6. The summed E-state index contributed by atoms with van der Waals surface area (Å²) in [5, 5.41) is 76.2. The molecule has 4 aliphatic rings. The van der Waals surface area contributed by atoms with E-state index < -0.39 is 142 Å². The summed E-state index contributed by atoms with van der Waals surface area (Å²) in [5.41, 5.74) is 35.1. The number of carbonyl (C=O) groups excluding carboxylic acids is 1. The van der Waals surface area contributed by atoms with Gasteiger partial charge in [0.1, 0.15) is 61.1 Å². The van der Waals surface area contributed by atoms with E-state index in [2.05, 4.69) is 5.32 Å². The first-order chi connectivity index (χ1) is 23.2. The van der Waals surface area contributed by atoms with Gasteiger partial charge in [-0.1, -0.05) is 0 Å². The number of hydrogen-bond donors (Lipinski definition) is 14. The van der Waals surface area contributed by atoms with E-state index in [1.165, 1.54) is 0 Å². The van der Waals surface area contributed by atoms with Gasteiger partial charge in [0.05, 0.1) is 36.9 Å². The fraction of sp³-hybridized carbons (Fsp3) is 0.963. The Kier molecular flexibility index (Phi) is 14.4. The molecule has 4 rings (SSSR count). The standard InChI is InChI=1S/C27H52FN7O14/c28-8(4-30)16(38)24(43)35-10-2-9(32)21(47-25-14(33)11(37)1-7(3-29)44-25)23(17(10)39)49-27-20(42)22(13(6-36)46-27)48-26-15(34)19(41)18(40)12(5-31)45-26/h7-23,25-27,36-42H,1-6,29-34H2,(H,35,43)/t7-,8+,9-,10+,11+,12-,13+,14+,15+,16-,17-,18+,19+,20+,21+,22+,23+,25+,26+,27-/m0/s1. The molecule has 1 saturated carbocycles. The first-order valence-corrected chi connectivity index (χ1v) is 16.1. The summed E-state index contributed by atoms with van der Waals surface area (Å²) in [6.45, 7) is -1.59. The molecule has 286 valence electrons. The molecule has 1 aliphatic carbocycles. The van der Waals surface area contributed by atoms with Crippen LogP contribution in [-0.2, 0) is 33.2 Å². The number of amides is 1. The summed E-state index contributed by atoms with van der Waals surface area (Å²) in [7, 11) is 0. The summed E-state index contributed by atoms with van der Waals surface area (Å²) < 4.78 is 49.0. The predicted molar refractivity (Wildman–Crippen MR) is 161 cm³/mol. The molecule has 3 saturated heterocycles. The number of alkyl halides is 1. The number of hydrogen-bond acceptors (Lipinski definition) is 20. The average Bonchev–Trinajstić information content (AvgIpc) is 3.38. The van der Waals surface area contributed by atoms with E-state index in [1.54, 1.807) is 0 Å². The lowest BCUT2D eigenvalue weighted by atomic mass is 9.83. The fourth-order valence-electron chi connectivity index (χ4n) is 6.36. The van der Waals surface area contributed by atoms with Crippen LogP contribution in [0.15, 0.2) is 0 Å². The molecule has 49 heavy (non-hydrogen) atoms. The Hall–Kier alpha value is -1.36. The zero-order valence-corrected chi connectivity index (χ0v) is 26.6. The molecule has 22 heteroatoms. The van der Waals surface area contributed by atoms with E-state index in [9.17, 15) is 44.9 Å². The van der Waals surface area contributed by atoms with Crippen LogP contribution < -0.4 is 39.7 Å². The van der Waals surface area contributed by atoms with E-state index in [0.717, 1.165) is 0 Å². The SMILES string of the molecule is NC[C@@H]1C[C@@H](O)[C@@H](N)[C@@H](O[C@H]2[C@H](O[C@@H]3O[C@H](CO)[C@@H](O[C@H]4O[C@@H](CN)[C@@H](O)[C@H](O)[C@H]4N)[C@H]3O)[C@@H](O)[C@H](NC(=O)[C@@H](O)[C@H](F)CN)C[C@@H]2N)O1. The van der Waals surface area contributed by atoms with E-state index in [-0.39, 0.29) is 25.9 Å². The van der Waals surface area contributed by atoms with Crippen LogP contribution in [0.1, 0.15) is 12.8 Å². The molecule has 3 heterocycles. The molecule has 0 bridgehead atoms. The molecule has 4 fully saturated rings. The van der Waals surface area contributed by atoms with E-state index in [4.69, 9.17) is 62.8 Å². The summed E-state index contributed by atoms with van der Waals surface area (Å²) >= 11 is 0. The maximum absolute atomic E-state index is 14.0. The van der Waals surface area contributed by atoms with Crippen molar-refractivity contribution in [2.24, 2.45) is 34.4 Å². The maximum Gasteiger partial charge on any atom is 0.252 e. The minimum Gasteiger partial charge on any atom is -0.394 e. The highest BCUT2D eigenvalue weighted by Crippen LogP contribution is 2.34. The van der Waals surface area contributed by atoms with Crippen molar-refractivity contribution in [2.45, 2.75) is 135 Å². The first kappa shape index (κ1) is 40.4. The van der Waals surface area contributed by atoms with Gasteiger partial charge in [0.2, 0.25) is 0 Å². The van der Waals surface area contributed by atoms with Gasteiger partial charge in [-0.3, -0.25) is 4.79 Å². The maximum atomic E-state index is 14.0. The van der Waals surface area contributed by atoms with Crippen LogP contribution in [0.2, 0.25) is 0 Å². The Balaban J connectivity index is 1.57. The molecule has 1 amide bonds. The normalized spacial score (nSPS) is 47.5. The highest BCUT2D eigenvalue weighted by Gasteiger charge is 2.54. The van der Waals surface area contributed by atoms with Crippen LogP contribution in [0.5, 0.6) is 0 Å². The molecule has 0 aromatic heterocycles. The molecule has 20 atom stereocenters. The lowest BCUT2D eigenvalue weighted by molar-refractivity contribution is -0.295. The number of nitrogens with two attached hydrogens (primary N) is 6. The van der Waals surface area contributed by atoms with Gasteiger partial charge in [0, 0.05) is 32.1 Å². The largest absolute Gasteiger partial charge is 0.394 e. The molecule has 0 aromatic carbocycles. The van der Waals surface area contributed by atoms with Crippen molar-refractivity contribution in [3.63, 3.8) is 0 Å². The summed E-state index contributed by atoms with van der Waals surface area (Å²) in [5.74, 6) is -1.20. The minimum atomic E-state index is -2.17. The number of aliphatic hydroxyl groups is 7. The molecule has 0 spiro atoms. The van der Waals surface area contributed by atoms with Gasteiger partial charge in [-0.25, -0.2) is 4.39 Å². The van der Waals surface area contributed by atoms with E-state index in [1.807, 2.05) is 0 Å². The van der Waals surface area contributed by atoms with Gasteiger partial charge < -0.3 is 104 Å². The molecule has 0 unspecified atom stereocenters. The number of nitrogens with one attached hydrogen (secondary N) is 1. The lowest BCUT2D eigenvalue weighted by Crippen LogP contribution is -2.68. The average molecular weight is 718 g/mol. The number of halogens is 1. The second kappa shape index (κ2) is 17.4. The highest BCUT2D eigenvalue weighted by molar-refractivity contribution is 5.81. The van der Waals surface area contributed by atoms with E-state index in [0.29, 0.717) is 0 Å². The van der Waals surface area contributed by atoms with Gasteiger partial charge in [0.15, 0.2) is 25.0 Å².